The second-order valence-corrected chi connectivity index (χ2v) is 3.22. The topological polar surface area (TPSA) is 87.6 Å². The molecule has 16 heavy (non-hydrogen) atoms. The Balaban J connectivity index is 2.78. The number of rotatable bonds is 6. The standard InChI is InChI=1S/C11H16N2O3/c1-15-9-4-2-3-8(7-12)11(9)16-6-5-10(13)14/h2-4H,5-7,12H2,1H3,(H2,13,14). The van der Waals surface area contributed by atoms with Gasteiger partial charge < -0.3 is 20.9 Å². The molecule has 4 N–H and O–H groups in total. The average molecular weight is 224 g/mol. The third-order valence-electron chi connectivity index (χ3n) is 2.10. The van der Waals surface area contributed by atoms with Crippen LogP contribution in [0.1, 0.15) is 12.0 Å². The summed E-state index contributed by atoms with van der Waals surface area (Å²) in [5.41, 5.74) is 11.4. The molecule has 0 aliphatic rings. The van der Waals surface area contributed by atoms with Crippen LogP contribution < -0.4 is 20.9 Å². The van der Waals surface area contributed by atoms with E-state index in [9.17, 15) is 4.79 Å². The van der Waals surface area contributed by atoms with Crippen LogP contribution >= 0.6 is 0 Å². The van der Waals surface area contributed by atoms with Crippen molar-refractivity contribution in [3.63, 3.8) is 0 Å². The Morgan fingerprint density at radius 3 is 2.75 bits per heavy atom. The molecule has 0 unspecified atom stereocenters. The molecule has 0 aliphatic heterocycles. The fourth-order valence-corrected chi connectivity index (χ4v) is 1.30. The lowest BCUT2D eigenvalue weighted by Gasteiger charge is -2.13. The summed E-state index contributed by atoms with van der Waals surface area (Å²) >= 11 is 0. The summed E-state index contributed by atoms with van der Waals surface area (Å²) in [5, 5.41) is 0. The van der Waals surface area contributed by atoms with Crippen molar-refractivity contribution in [2.45, 2.75) is 13.0 Å². The number of hydrogen-bond donors (Lipinski definition) is 2. The van der Waals surface area contributed by atoms with E-state index in [-0.39, 0.29) is 13.0 Å². The zero-order valence-corrected chi connectivity index (χ0v) is 9.23. The molecule has 1 aromatic rings. The molecule has 1 amide bonds. The maximum atomic E-state index is 10.6. The molecule has 0 saturated heterocycles. The van der Waals surface area contributed by atoms with Crippen LogP contribution in [0.2, 0.25) is 0 Å². The van der Waals surface area contributed by atoms with Crippen LogP contribution in [0.4, 0.5) is 0 Å². The van der Waals surface area contributed by atoms with Gasteiger partial charge in [-0.25, -0.2) is 0 Å². The molecule has 0 fully saturated rings. The summed E-state index contributed by atoms with van der Waals surface area (Å²) in [5.74, 6) is 0.783. The molecule has 0 saturated carbocycles. The first kappa shape index (κ1) is 12.3. The molecule has 0 aliphatic carbocycles. The fourth-order valence-electron chi connectivity index (χ4n) is 1.30. The van der Waals surface area contributed by atoms with Crippen molar-refractivity contribution in [2.24, 2.45) is 11.5 Å². The van der Waals surface area contributed by atoms with Crippen molar-refractivity contribution in [3.05, 3.63) is 23.8 Å². The van der Waals surface area contributed by atoms with Crippen LogP contribution in [0.5, 0.6) is 11.5 Å². The fraction of sp³-hybridized carbons (Fsp3) is 0.364. The van der Waals surface area contributed by atoms with Gasteiger partial charge in [0.1, 0.15) is 0 Å². The average Bonchev–Trinajstić information content (AvgIpc) is 2.28. The number of ether oxygens (including phenoxy) is 2. The second-order valence-electron chi connectivity index (χ2n) is 3.22. The van der Waals surface area contributed by atoms with Crippen molar-refractivity contribution in [3.8, 4) is 11.5 Å². The zero-order valence-electron chi connectivity index (χ0n) is 9.23. The highest BCUT2D eigenvalue weighted by molar-refractivity contribution is 5.73. The van der Waals surface area contributed by atoms with Gasteiger partial charge in [-0.1, -0.05) is 12.1 Å². The van der Waals surface area contributed by atoms with E-state index in [2.05, 4.69) is 0 Å². The number of carbonyl (C=O) groups excluding carboxylic acids is 1. The minimum absolute atomic E-state index is 0.169. The van der Waals surface area contributed by atoms with Crippen LogP contribution in [0, 0.1) is 0 Å². The Hall–Kier alpha value is -1.75. The molecule has 0 atom stereocenters. The van der Waals surface area contributed by atoms with Crippen LogP contribution in [0.15, 0.2) is 18.2 Å². The third-order valence-corrected chi connectivity index (χ3v) is 2.10. The highest BCUT2D eigenvalue weighted by atomic mass is 16.5. The summed E-state index contributed by atoms with van der Waals surface area (Å²) in [4.78, 5) is 10.6. The number of benzene rings is 1. The maximum absolute atomic E-state index is 10.6. The van der Waals surface area contributed by atoms with Crippen LogP contribution in [0.25, 0.3) is 0 Å². The summed E-state index contributed by atoms with van der Waals surface area (Å²) in [6.07, 6.45) is 0.169. The Bertz CT molecular complexity index is 344. The number of carbonyl (C=O) groups is 1. The van der Waals surface area contributed by atoms with Gasteiger partial charge in [-0.15, -0.1) is 0 Å². The molecule has 5 heteroatoms. The van der Waals surface area contributed by atoms with Crippen molar-refractivity contribution in [1.82, 2.24) is 0 Å². The minimum atomic E-state index is -0.399. The zero-order chi connectivity index (χ0) is 12.0. The van der Waals surface area contributed by atoms with Crippen LogP contribution in [-0.4, -0.2) is 19.6 Å². The van der Waals surface area contributed by atoms with Gasteiger partial charge >= 0.3 is 0 Å². The number of hydrogen-bond acceptors (Lipinski definition) is 4. The second kappa shape index (κ2) is 5.97. The maximum Gasteiger partial charge on any atom is 0.220 e. The minimum Gasteiger partial charge on any atom is -0.493 e. The van der Waals surface area contributed by atoms with E-state index in [1.807, 2.05) is 12.1 Å². The van der Waals surface area contributed by atoms with Gasteiger partial charge in [0, 0.05) is 12.1 Å². The molecule has 0 aromatic heterocycles. The largest absolute Gasteiger partial charge is 0.493 e. The monoisotopic (exact) mass is 224 g/mol. The van der Waals surface area contributed by atoms with Crippen molar-refractivity contribution in [1.29, 1.82) is 0 Å². The van der Waals surface area contributed by atoms with Gasteiger partial charge in [-0.3, -0.25) is 4.79 Å². The molecule has 1 rings (SSSR count). The van der Waals surface area contributed by atoms with Gasteiger partial charge in [0.05, 0.1) is 20.1 Å². The number of nitrogens with two attached hydrogens (primary N) is 2. The molecule has 5 nitrogen and oxygen atoms in total. The summed E-state index contributed by atoms with van der Waals surface area (Å²) in [6, 6.07) is 5.46. The van der Waals surface area contributed by atoms with Crippen LogP contribution in [-0.2, 0) is 11.3 Å². The Kier molecular flexibility index (Phi) is 4.60. The van der Waals surface area contributed by atoms with Gasteiger partial charge in [0.25, 0.3) is 0 Å². The molecule has 88 valence electrons. The summed E-state index contributed by atoms with van der Waals surface area (Å²) in [7, 11) is 1.55. The smallest absolute Gasteiger partial charge is 0.220 e. The highest BCUT2D eigenvalue weighted by Gasteiger charge is 2.09. The van der Waals surface area contributed by atoms with Crippen molar-refractivity contribution in [2.75, 3.05) is 13.7 Å². The van der Waals surface area contributed by atoms with E-state index in [1.165, 1.54) is 0 Å². The Morgan fingerprint density at radius 2 is 2.19 bits per heavy atom. The number of primary amides is 1. The van der Waals surface area contributed by atoms with E-state index < -0.39 is 5.91 Å². The molecule has 0 bridgehead atoms. The molecular formula is C11H16N2O3. The highest BCUT2D eigenvalue weighted by Crippen LogP contribution is 2.30. The first-order chi connectivity index (χ1) is 7.69. The molecule has 0 spiro atoms. The Morgan fingerprint density at radius 1 is 1.44 bits per heavy atom. The lowest BCUT2D eigenvalue weighted by atomic mass is 10.2. The first-order valence-corrected chi connectivity index (χ1v) is 4.96. The van der Waals surface area contributed by atoms with E-state index in [1.54, 1.807) is 13.2 Å². The predicted molar refractivity (Wildman–Crippen MR) is 60.2 cm³/mol. The predicted octanol–water partition coefficient (Wildman–Crippen LogP) is 0.408. The first-order valence-electron chi connectivity index (χ1n) is 4.96. The van der Waals surface area contributed by atoms with E-state index >= 15 is 0 Å². The number of methoxy groups -OCH3 is 1. The number of amides is 1. The summed E-state index contributed by atoms with van der Waals surface area (Å²) in [6.45, 7) is 0.575. The third kappa shape index (κ3) is 3.13. The number of para-hydroxylation sites is 1. The van der Waals surface area contributed by atoms with Crippen molar-refractivity contribution >= 4 is 5.91 Å². The lowest BCUT2D eigenvalue weighted by molar-refractivity contribution is -0.118. The molecule has 0 radical (unpaired) electrons. The lowest BCUT2D eigenvalue weighted by Crippen LogP contribution is -2.15. The van der Waals surface area contributed by atoms with Gasteiger partial charge in [-0.2, -0.15) is 0 Å². The molecule has 1 aromatic carbocycles. The van der Waals surface area contributed by atoms with Gasteiger partial charge in [0.15, 0.2) is 11.5 Å². The van der Waals surface area contributed by atoms with E-state index in [0.29, 0.717) is 18.0 Å². The van der Waals surface area contributed by atoms with Gasteiger partial charge in [-0.05, 0) is 6.07 Å². The van der Waals surface area contributed by atoms with E-state index in [0.717, 1.165) is 5.56 Å². The van der Waals surface area contributed by atoms with Crippen molar-refractivity contribution < 1.29 is 14.3 Å². The van der Waals surface area contributed by atoms with Crippen LogP contribution in [0.3, 0.4) is 0 Å². The Labute approximate surface area is 94.3 Å². The normalized spacial score (nSPS) is 9.88. The molecule has 0 heterocycles. The summed E-state index contributed by atoms with van der Waals surface area (Å²) < 4.78 is 10.6. The van der Waals surface area contributed by atoms with E-state index in [4.69, 9.17) is 20.9 Å². The quantitative estimate of drug-likeness (QED) is 0.732. The van der Waals surface area contributed by atoms with Gasteiger partial charge in [0.2, 0.25) is 5.91 Å². The molecular weight excluding hydrogens is 208 g/mol. The SMILES string of the molecule is COc1cccc(CN)c1OCCC(N)=O.